The predicted molar refractivity (Wildman–Crippen MR) is 110 cm³/mol. The molecule has 25 heavy (non-hydrogen) atoms. The van der Waals surface area contributed by atoms with Crippen molar-refractivity contribution in [2.45, 2.75) is 91.5 Å². The molecule has 0 amide bonds. The Morgan fingerprint density at radius 2 is 1.20 bits per heavy atom. The largest absolute Gasteiger partial charge is 0.288 e. The summed E-state index contributed by atoms with van der Waals surface area (Å²) in [6.45, 7) is 19.5. The second kappa shape index (κ2) is 10.3. The molecule has 2 saturated heterocycles. The molecular weight excluding hydrogens is 306 g/mol. The molecule has 2 rings (SSSR count). The number of fused-ring (bicyclic) bond motifs is 1. The fourth-order valence-electron chi connectivity index (χ4n) is 4.99. The molecule has 0 bridgehead atoms. The Morgan fingerprint density at radius 1 is 0.760 bits per heavy atom. The van der Waals surface area contributed by atoms with Gasteiger partial charge < -0.3 is 0 Å². The summed E-state index contributed by atoms with van der Waals surface area (Å²) in [5, 5.41) is 0. The van der Waals surface area contributed by atoms with E-state index in [1.54, 1.807) is 0 Å². The van der Waals surface area contributed by atoms with Gasteiger partial charge in [0.1, 0.15) is 0 Å². The first-order chi connectivity index (χ1) is 12.0. The van der Waals surface area contributed by atoms with E-state index in [1.165, 1.54) is 90.9 Å². The van der Waals surface area contributed by atoms with Crippen molar-refractivity contribution in [1.82, 2.24) is 14.7 Å². The van der Waals surface area contributed by atoms with Crippen LogP contribution in [0, 0.1) is 11.8 Å². The van der Waals surface area contributed by atoms with Crippen LogP contribution in [0.3, 0.4) is 0 Å². The quantitative estimate of drug-likeness (QED) is 0.488. The van der Waals surface area contributed by atoms with E-state index in [0.717, 1.165) is 11.8 Å². The van der Waals surface area contributed by atoms with E-state index in [2.05, 4.69) is 49.3 Å². The molecule has 0 aromatic heterocycles. The fraction of sp³-hybridized carbons (Fsp3) is 1.00. The van der Waals surface area contributed by atoms with Gasteiger partial charge in [-0.15, -0.1) is 0 Å². The molecule has 0 radical (unpaired) electrons. The van der Waals surface area contributed by atoms with Crippen LogP contribution in [-0.2, 0) is 0 Å². The van der Waals surface area contributed by atoms with Crippen molar-refractivity contribution in [2.24, 2.45) is 11.8 Å². The fourth-order valence-corrected chi connectivity index (χ4v) is 4.99. The highest BCUT2D eigenvalue weighted by Crippen LogP contribution is 2.33. The predicted octanol–water partition coefficient (Wildman–Crippen LogP) is 5.03. The smallest absolute Gasteiger partial charge is 0.0525 e. The van der Waals surface area contributed by atoms with E-state index in [-0.39, 0.29) is 0 Å². The summed E-state index contributed by atoms with van der Waals surface area (Å²) < 4.78 is 0. The molecule has 2 aliphatic rings. The Balaban J connectivity index is 1.79. The zero-order chi connectivity index (χ0) is 18.3. The van der Waals surface area contributed by atoms with Crippen LogP contribution in [0.4, 0.5) is 0 Å². The number of nitrogens with zero attached hydrogens (tertiary/aromatic N) is 3. The molecular formula is C22H45N3. The van der Waals surface area contributed by atoms with Gasteiger partial charge in [0.25, 0.3) is 0 Å². The molecule has 3 nitrogen and oxygen atoms in total. The van der Waals surface area contributed by atoms with Gasteiger partial charge in [0, 0.05) is 31.7 Å². The van der Waals surface area contributed by atoms with E-state index in [4.69, 9.17) is 0 Å². The number of unbranched alkanes of at least 4 members (excludes halogenated alkanes) is 2. The van der Waals surface area contributed by atoms with E-state index in [9.17, 15) is 0 Å². The standard InChI is InChI=1S/C22H45N3/c1-6-10-12-20(8-3)14-23-16-22(5)17-24(19-25(22)18-23)15-21(9-4)13-11-7-2/h20-21H,6-19H2,1-5H3/t20-,21-/m0/s1. The summed E-state index contributed by atoms with van der Waals surface area (Å²) in [5.41, 5.74) is 0.395. The highest BCUT2D eigenvalue weighted by Gasteiger charge is 2.47. The monoisotopic (exact) mass is 351 g/mol. The van der Waals surface area contributed by atoms with E-state index in [0.29, 0.717) is 5.54 Å². The normalized spacial score (nSPS) is 23.9. The Morgan fingerprint density at radius 3 is 1.52 bits per heavy atom. The Bertz CT molecular complexity index is 340. The average molecular weight is 352 g/mol. The topological polar surface area (TPSA) is 9.72 Å². The summed E-state index contributed by atoms with van der Waals surface area (Å²) in [5.74, 6) is 1.80. The van der Waals surface area contributed by atoms with Gasteiger partial charge in [0.05, 0.1) is 13.3 Å². The SMILES string of the molecule is CCCC[C@H](CC)CN1CN2CN(C[C@@H](CC)CCCC)CC2(C)C1. The van der Waals surface area contributed by atoms with Gasteiger partial charge in [0.2, 0.25) is 0 Å². The van der Waals surface area contributed by atoms with Gasteiger partial charge in [-0.25, -0.2) is 0 Å². The molecule has 0 N–H and O–H groups in total. The maximum Gasteiger partial charge on any atom is 0.0525 e. The first-order valence-electron chi connectivity index (χ1n) is 11.2. The number of hydrogen-bond donors (Lipinski definition) is 0. The first kappa shape index (κ1) is 21.2. The van der Waals surface area contributed by atoms with Crippen LogP contribution in [0.2, 0.25) is 0 Å². The second-order valence-corrected chi connectivity index (χ2v) is 9.18. The molecule has 2 fully saturated rings. The minimum Gasteiger partial charge on any atom is -0.288 e. The number of rotatable bonds is 12. The van der Waals surface area contributed by atoms with Crippen molar-refractivity contribution in [3.8, 4) is 0 Å². The van der Waals surface area contributed by atoms with Crippen LogP contribution in [0.1, 0.15) is 86.0 Å². The second-order valence-electron chi connectivity index (χ2n) is 9.18. The zero-order valence-corrected chi connectivity index (χ0v) is 17.9. The molecule has 0 unspecified atom stereocenters. The lowest BCUT2D eigenvalue weighted by atomic mass is 9.97. The number of hydrogen-bond acceptors (Lipinski definition) is 3. The van der Waals surface area contributed by atoms with E-state index in [1.807, 2.05) is 0 Å². The molecule has 3 heteroatoms. The van der Waals surface area contributed by atoms with E-state index >= 15 is 0 Å². The van der Waals surface area contributed by atoms with Gasteiger partial charge in [-0.1, -0.05) is 66.2 Å². The molecule has 2 atom stereocenters. The van der Waals surface area contributed by atoms with Gasteiger partial charge in [-0.2, -0.15) is 0 Å². The first-order valence-corrected chi connectivity index (χ1v) is 11.2. The Hall–Kier alpha value is -0.120. The van der Waals surface area contributed by atoms with Crippen molar-refractivity contribution >= 4 is 0 Å². The Labute approximate surface area is 158 Å². The molecule has 0 aromatic rings. The van der Waals surface area contributed by atoms with Gasteiger partial charge in [-0.3, -0.25) is 14.7 Å². The van der Waals surface area contributed by atoms with E-state index < -0.39 is 0 Å². The van der Waals surface area contributed by atoms with Gasteiger partial charge in [0.15, 0.2) is 0 Å². The summed E-state index contributed by atoms with van der Waals surface area (Å²) in [6, 6.07) is 0. The third-order valence-electron chi connectivity index (χ3n) is 6.75. The van der Waals surface area contributed by atoms with Crippen LogP contribution >= 0.6 is 0 Å². The lowest BCUT2D eigenvalue weighted by molar-refractivity contribution is 0.161. The van der Waals surface area contributed by atoms with Crippen molar-refractivity contribution < 1.29 is 0 Å². The Kier molecular flexibility index (Phi) is 8.71. The van der Waals surface area contributed by atoms with Crippen molar-refractivity contribution in [1.29, 1.82) is 0 Å². The maximum absolute atomic E-state index is 2.76. The van der Waals surface area contributed by atoms with Gasteiger partial charge in [-0.05, 0) is 31.6 Å². The third kappa shape index (κ3) is 5.94. The molecule has 2 aliphatic heterocycles. The minimum absolute atomic E-state index is 0.395. The van der Waals surface area contributed by atoms with Crippen molar-refractivity contribution in [3.05, 3.63) is 0 Å². The van der Waals surface area contributed by atoms with Gasteiger partial charge >= 0.3 is 0 Å². The van der Waals surface area contributed by atoms with Crippen LogP contribution in [0.25, 0.3) is 0 Å². The van der Waals surface area contributed by atoms with Crippen molar-refractivity contribution in [3.63, 3.8) is 0 Å². The summed E-state index contributed by atoms with van der Waals surface area (Å²) in [7, 11) is 0. The summed E-state index contributed by atoms with van der Waals surface area (Å²) in [4.78, 5) is 8.25. The minimum atomic E-state index is 0.395. The molecule has 0 aliphatic carbocycles. The maximum atomic E-state index is 2.76. The molecule has 0 spiro atoms. The highest BCUT2D eigenvalue weighted by molar-refractivity contribution is 5.01. The third-order valence-corrected chi connectivity index (χ3v) is 6.75. The summed E-state index contributed by atoms with van der Waals surface area (Å²) in [6.07, 6.45) is 11.0. The van der Waals surface area contributed by atoms with Crippen LogP contribution < -0.4 is 0 Å². The summed E-state index contributed by atoms with van der Waals surface area (Å²) >= 11 is 0. The van der Waals surface area contributed by atoms with Crippen LogP contribution in [-0.4, -0.2) is 59.8 Å². The molecule has 2 heterocycles. The lowest BCUT2D eigenvalue weighted by Gasteiger charge is -2.28. The molecule has 0 saturated carbocycles. The average Bonchev–Trinajstić information content (AvgIpc) is 3.05. The lowest BCUT2D eigenvalue weighted by Crippen LogP contribution is -2.41. The van der Waals surface area contributed by atoms with Crippen LogP contribution in [0.5, 0.6) is 0 Å². The molecule has 148 valence electrons. The van der Waals surface area contributed by atoms with Crippen LogP contribution in [0.15, 0.2) is 0 Å². The molecule has 0 aromatic carbocycles. The highest BCUT2D eigenvalue weighted by atomic mass is 15.5. The zero-order valence-electron chi connectivity index (χ0n) is 17.9. The van der Waals surface area contributed by atoms with Crippen molar-refractivity contribution in [2.75, 3.05) is 39.5 Å².